The van der Waals surface area contributed by atoms with Crippen LogP contribution >= 0.6 is 0 Å². The minimum Gasteiger partial charge on any atom is -0.356 e. The van der Waals surface area contributed by atoms with Gasteiger partial charge < -0.3 is 4.74 Å². The highest BCUT2D eigenvalue weighted by molar-refractivity contribution is 6.01. The fourth-order valence-electron chi connectivity index (χ4n) is 1.97. The summed E-state index contributed by atoms with van der Waals surface area (Å²) >= 11 is 0. The Labute approximate surface area is 99.9 Å². The van der Waals surface area contributed by atoms with Gasteiger partial charge in [-0.15, -0.1) is 0 Å². The minimum atomic E-state index is -0.306. The molecule has 1 aliphatic rings. The molecule has 84 valence electrons. The fraction of sp³-hybridized carbons (Fsp3) is 0.133. The van der Waals surface area contributed by atoms with Gasteiger partial charge in [-0.2, -0.15) is 0 Å². The van der Waals surface area contributed by atoms with Crippen LogP contribution in [-0.4, -0.2) is 11.9 Å². The highest BCUT2D eigenvalue weighted by Crippen LogP contribution is 2.40. The van der Waals surface area contributed by atoms with Crippen LogP contribution in [0.15, 0.2) is 60.7 Å². The van der Waals surface area contributed by atoms with Crippen LogP contribution in [0.3, 0.4) is 0 Å². The van der Waals surface area contributed by atoms with Crippen LogP contribution in [-0.2, 0) is 4.74 Å². The lowest BCUT2D eigenvalue weighted by Crippen LogP contribution is -2.07. The van der Waals surface area contributed by atoms with E-state index in [-0.39, 0.29) is 18.0 Å². The maximum atomic E-state index is 12.1. The number of carbonyl (C=O) groups is 1. The number of Topliss-reactive ketones (excluding diaryl/α,β-unsaturated/α-hetero) is 1. The summed E-state index contributed by atoms with van der Waals surface area (Å²) in [7, 11) is 0. The zero-order valence-electron chi connectivity index (χ0n) is 9.24. The van der Waals surface area contributed by atoms with Crippen LogP contribution in [0, 0.1) is 0 Å². The molecule has 2 heteroatoms. The molecule has 2 aromatic carbocycles. The topological polar surface area (TPSA) is 29.6 Å². The Morgan fingerprint density at radius 3 is 2.12 bits per heavy atom. The third-order valence-corrected chi connectivity index (χ3v) is 2.94. The smallest absolute Gasteiger partial charge is 0.194 e. The van der Waals surface area contributed by atoms with Gasteiger partial charge in [-0.25, -0.2) is 0 Å². The average Bonchev–Trinajstić information content (AvgIpc) is 3.20. The molecule has 0 bridgehead atoms. The van der Waals surface area contributed by atoms with E-state index in [0.29, 0.717) is 0 Å². The van der Waals surface area contributed by atoms with Crippen molar-refractivity contribution in [2.75, 3.05) is 0 Å². The molecule has 0 aromatic heterocycles. The molecule has 1 aliphatic heterocycles. The monoisotopic (exact) mass is 224 g/mol. The van der Waals surface area contributed by atoms with Gasteiger partial charge in [-0.1, -0.05) is 60.7 Å². The molecular formula is C15H12O2. The molecule has 0 amide bonds. The van der Waals surface area contributed by atoms with Crippen LogP contribution in [0.25, 0.3) is 0 Å². The van der Waals surface area contributed by atoms with Crippen molar-refractivity contribution < 1.29 is 9.53 Å². The molecule has 2 aromatic rings. The zero-order chi connectivity index (χ0) is 11.7. The number of epoxide rings is 1. The van der Waals surface area contributed by atoms with E-state index >= 15 is 0 Å². The normalized spacial score (nSPS) is 22.1. The van der Waals surface area contributed by atoms with Gasteiger partial charge in [-0.3, -0.25) is 4.79 Å². The predicted octanol–water partition coefficient (Wildman–Crippen LogP) is 3.01. The molecule has 2 atom stereocenters. The van der Waals surface area contributed by atoms with Crippen LogP contribution in [0.2, 0.25) is 0 Å². The number of hydrogen-bond donors (Lipinski definition) is 0. The first kappa shape index (κ1) is 10.2. The van der Waals surface area contributed by atoms with E-state index in [1.807, 2.05) is 60.7 Å². The molecule has 0 radical (unpaired) electrons. The van der Waals surface area contributed by atoms with Crippen molar-refractivity contribution in [1.82, 2.24) is 0 Å². The summed E-state index contributed by atoms with van der Waals surface area (Å²) in [5.74, 6) is 0.0689. The Morgan fingerprint density at radius 2 is 1.47 bits per heavy atom. The van der Waals surface area contributed by atoms with E-state index in [4.69, 9.17) is 4.74 Å². The molecule has 1 fully saturated rings. The minimum absolute atomic E-state index is 0.0658. The molecule has 3 rings (SSSR count). The van der Waals surface area contributed by atoms with Gasteiger partial charge in [0.15, 0.2) is 11.9 Å². The lowest BCUT2D eigenvalue weighted by atomic mass is 10.0. The zero-order valence-corrected chi connectivity index (χ0v) is 9.24. The van der Waals surface area contributed by atoms with Gasteiger partial charge in [0, 0.05) is 5.56 Å². The molecule has 1 heterocycles. The summed E-state index contributed by atoms with van der Waals surface area (Å²) in [5, 5.41) is 0. The second-order valence-corrected chi connectivity index (χ2v) is 4.12. The van der Waals surface area contributed by atoms with Crippen molar-refractivity contribution in [3.05, 3.63) is 71.8 Å². The lowest BCUT2D eigenvalue weighted by Gasteiger charge is -1.96. The molecule has 0 saturated carbocycles. The standard InChI is InChI=1S/C15H12O2/c16-13(11-7-3-1-4-8-11)15-14(17-15)12-9-5-2-6-10-12/h1-10,14-15H/t14-,15+/m0/s1. The largest absolute Gasteiger partial charge is 0.356 e. The van der Waals surface area contributed by atoms with Crippen LogP contribution < -0.4 is 0 Å². The second-order valence-electron chi connectivity index (χ2n) is 4.12. The quantitative estimate of drug-likeness (QED) is 0.592. The Morgan fingerprint density at radius 1 is 0.882 bits per heavy atom. The number of rotatable bonds is 3. The maximum Gasteiger partial charge on any atom is 0.194 e. The summed E-state index contributed by atoms with van der Waals surface area (Å²) < 4.78 is 5.47. The lowest BCUT2D eigenvalue weighted by molar-refractivity contribution is 0.0953. The van der Waals surface area contributed by atoms with Gasteiger partial charge in [0.2, 0.25) is 0 Å². The molecular weight excluding hydrogens is 212 g/mol. The van der Waals surface area contributed by atoms with E-state index in [1.54, 1.807) is 0 Å². The average molecular weight is 224 g/mol. The van der Waals surface area contributed by atoms with Crippen molar-refractivity contribution in [3.63, 3.8) is 0 Å². The van der Waals surface area contributed by atoms with Gasteiger partial charge in [0.25, 0.3) is 0 Å². The maximum absolute atomic E-state index is 12.1. The van der Waals surface area contributed by atoms with E-state index in [2.05, 4.69) is 0 Å². The van der Waals surface area contributed by atoms with Crippen LogP contribution in [0.4, 0.5) is 0 Å². The van der Waals surface area contributed by atoms with Crippen molar-refractivity contribution in [2.24, 2.45) is 0 Å². The van der Waals surface area contributed by atoms with E-state index < -0.39 is 0 Å². The van der Waals surface area contributed by atoms with Gasteiger partial charge in [0.1, 0.15) is 6.10 Å². The SMILES string of the molecule is O=C(c1ccccc1)[C@H]1O[C@H]1c1ccccc1. The third-order valence-electron chi connectivity index (χ3n) is 2.94. The summed E-state index contributed by atoms with van der Waals surface area (Å²) in [5.41, 5.74) is 1.79. The number of benzene rings is 2. The summed E-state index contributed by atoms with van der Waals surface area (Å²) in [6.45, 7) is 0. The molecule has 1 saturated heterocycles. The predicted molar refractivity (Wildman–Crippen MR) is 64.8 cm³/mol. The Bertz CT molecular complexity index is 519. The highest BCUT2D eigenvalue weighted by Gasteiger charge is 2.45. The highest BCUT2D eigenvalue weighted by atomic mass is 16.6. The number of ether oxygens (including phenoxy) is 1. The Kier molecular flexibility index (Phi) is 2.50. The van der Waals surface area contributed by atoms with Crippen molar-refractivity contribution in [2.45, 2.75) is 12.2 Å². The first-order chi connectivity index (χ1) is 8.36. The van der Waals surface area contributed by atoms with Crippen molar-refractivity contribution in [3.8, 4) is 0 Å². The molecule has 0 N–H and O–H groups in total. The first-order valence-electron chi connectivity index (χ1n) is 5.66. The third kappa shape index (κ3) is 1.99. The van der Waals surface area contributed by atoms with E-state index in [1.165, 1.54) is 0 Å². The second kappa shape index (κ2) is 4.15. The van der Waals surface area contributed by atoms with Crippen LogP contribution in [0.5, 0.6) is 0 Å². The molecule has 17 heavy (non-hydrogen) atoms. The molecule has 2 nitrogen and oxygen atoms in total. The van der Waals surface area contributed by atoms with Gasteiger partial charge in [-0.05, 0) is 5.56 Å². The summed E-state index contributed by atoms with van der Waals surface area (Å²) in [6.07, 6.45) is -0.372. The summed E-state index contributed by atoms with van der Waals surface area (Å²) in [4.78, 5) is 12.1. The Balaban J connectivity index is 1.76. The van der Waals surface area contributed by atoms with Gasteiger partial charge in [0.05, 0.1) is 0 Å². The number of ketones is 1. The van der Waals surface area contributed by atoms with Crippen molar-refractivity contribution in [1.29, 1.82) is 0 Å². The first-order valence-corrected chi connectivity index (χ1v) is 5.66. The van der Waals surface area contributed by atoms with E-state index in [9.17, 15) is 4.79 Å². The molecule has 0 unspecified atom stereocenters. The fourth-order valence-corrected chi connectivity index (χ4v) is 1.97. The van der Waals surface area contributed by atoms with Gasteiger partial charge >= 0.3 is 0 Å². The Hall–Kier alpha value is -1.93. The molecule has 0 spiro atoms. The van der Waals surface area contributed by atoms with Crippen LogP contribution in [0.1, 0.15) is 22.0 Å². The summed E-state index contributed by atoms with van der Waals surface area (Å²) in [6, 6.07) is 19.1. The van der Waals surface area contributed by atoms with Crippen molar-refractivity contribution >= 4 is 5.78 Å². The molecule has 0 aliphatic carbocycles. The van der Waals surface area contributed by atoms with E-state index in [0.717, 1.165) is 11.1 Å². The number of hydrogen-bond acceptors (Lipinski definition) is 2. The number of carbonyl (C=O) groups excluding carboxylic acids is 1.